The minimum absolute atomic E-state index is 0.0294. The molecule has 0 radical (unpaired) electrons. The third kappa shape index (κ3) is 2.47. The summed E-state index contributed by atoms with van der Waals surface area (Å²) >= 11 is 0. The van der Waals surface area contributed by atoms with E-state index < -0.39 is 23.6 Å². The average molecular weight is 257 g/mol. The number of nitrogens with one attached hydrogen (secondary N) is 1. The van der Waals surface area contributed by atoms with E-state index in [2.05, 4.69) is 19.7 Å². The Bertz CT molecular complexity index is 552. The van der Waals surface area contributed by atoms with Crippen molar-refractivity contribution in [3.63, 3.8) is 0 Å². The summed E-state index contributed by atoms with van der Waals surface area (Å²) < 4.78 is 42.3. The highest BCUT2D eigenvalue weighted by Crippen LogP contribution is 2.34. The van der Waals surface area contributed by atoms with Crippen LogP contribution in [0.2, 0.25) is 0 Å². The van der Waals surface area contributed by atoms with Gasteiger partial charge < -0.3 is 9.72 Å². The quantitative estimate of drug-likeness (QED) is 0.836. The Morgan fingerprint density at radius 1 is 1.39 bits per heavy atom. The van der Waals surface area contributed by atoms with Crippen LogP contribution in [0.3, 0.4) is 0 Å². The van der Waals surface area contributed by atoms with Crippen LogP contribution in [-0.4, -0.2) is 20.9 Å². The predicted octanol–water partition coefficient (Wildman–Crippen LogP) is 2.04. The molecule has 18 heavy (non-hydrogen) atoms. The van der Waals surface area contributed by atoms with Gasteiger partial charge in [-0.1, -0.05) is 0 Å². The molecule has 94 valence electrons. The van der Waals surface area contributed by atoms with E-state index in [0.717, 1.165) is 6.33 Å². The van der Waals surface area contributed by atoms with Crippen LogP contribution in [0.15, 0.2) is 30.9 Å². The Morgan fingerprint density at radius 2 is 2.17 bits per heavy atom. The van der Waals surface area contributed by atoms with Crippen molar-refractivity contribution >= 4 is 5.97 Å². The standard InChI is InChI=1S/C10H6F3N3O2/c11-10(12,13)6-4-14-5-16-8(6)18-9(17)7-2-1-3-15-7/h1-5,15H. The Morgan fingerprint density at radius 3 is 2.78 bits per heavy atom. The molecule has 0 saturated carbocycles. The van der Waals surface area contributed by atoms with Gasteiger partial charge in [0.05, 0.1) is 0 Å². The van der Waals surface area contributed by atoms with Gasteiger partial charge in [-0.2, -0.15) is 13.2 Å². The van der Waals surface area contributed by atoms with Crippen molar-refractivity contribution in [2.75, 3.05) is 0 Å². The molecule has 1 N–H and O–H groups in total. The van der Waals surface area contributed by atoms with E-state index in [1.165, 1.54) is 18.3 Å². The third-order valence-electron chi connectivity index (χ3n) is 1.99. The van der Waals surface area contributed by atoms with Crippen LogP contribution in [0.1, 0.15) is 16.1 Å². The molecule has 0 bridgehead atoms. The van der Waals surface area contributed by atoms with Gasteiger partial charge in [0.1, 0.15) is 17.6 Å². The van der Waals surface area contributed by atoms with Crippen LogP contribution < -0.4 is 4.74 Å². The fourth-order valence-corrected chi connectivity index (χ4v) is 1.19. The Balaban J connectivity index is 2.27. The zero-order valence-corrected chi connectivity index (χ0v) is 8.73. The SMILES string of the molecule is O=C(Oc1ncncc1C(F)(F)F)c1ccc[nH]1. The fraction of sp³-hybridized carbons (Fsp3) is 0.100. The van der Waals surface area contributed by atoms with E-state index in [1.807, 2.05) is 0 Å². The molecular formula is C10H6F3N3O2. The van der Waals surface area contributed by atoms with Crippen molar-refractivity contribution in [1.29, 1.82) is 0 Å². The van der Waals surface area contributed by atoms with E-state index >= 15 is 0 Å². The number of ether oxygens (including phenoxy) is 1. The molecule has 0 fully saturated rings. The molecule has 2 rings (SSSR count). The molecule has 0 aliphatic carbocycles. The lowest BCUT2D eigenvalue weighted by molar-refractivity contribution is -0.139. The highest BCUT2D eigenvalue weighted by Gasteiger charge is 2.36. The molecule has 0 spiro atoms. The van der Waals surface area contributed by atoms with Crippen LogP contribution in [0.25, 0.3) is 0 Å². The second-order valence-electron chi connectivity index (χ2n) is 3.21. The lowest BCUT2D eigenvalue weighted by Gasteiger charge is -2.09. The first-order valence-electron chi connectivity index (χ1n) is 4.71. The number of aromatic amines is 1. The summed E-state index contributed by atoms with van der Waals surface area (Å²) in [5, 5.41) is 0. The minimum atomic E-state index is -4.69. The highest BCUT2D eigenvalue weighted by molar-refractivity contribution is 5.89. The molecule has 0 saturated heterocycles. The van der Waals surface area contributed by atoms with Gasteiger partial charge in [-0.25, -0.2) is 14.8 Å². The molecule has 2 aromatic heterocycles. The molecule has 0 aliphatic heterocycles. The van der Waals surface area contributed by atoms with E-state index in [1.54, 1.807) is 0 Å². The molecule has 0 amide bonds. The molecule has 0 atom stereocenters. The predicted molar refractivity (Wildman–Crippen MR) is 52.8 cm³/mol. The number of hydrogen-bond acceptors (Lipinski definition) is 4. The Kier molecular flexibility index (Phi) is 3.00. The number of rotatable bonds is 2. The largest absolute Gasteiger partial charge is 0.423 e. The van der Waals surface area contributed by atoms with Gasteiger partial charge in [0, 0.05) is 12.4 Å². The molecule has 2 heterocycles. The van der Waals surface area contributed by atoms with E-state index in [4.69, 9.17) is 0 Å². The molecule has 0 aromatic carbocycles. The molecule has 2 aromatic rings. The third-order valence-corrected chi connectivity index (χ3v) is 1.99. The molecule has 5 nitrogen and oxygen atoms in total. The highest BCUT2D eigenvalue weighted by atomic mass is 19.4. The van der Waals surface area contributed by atoms with Crippen LogP contribution in [0.4, 0.5) is 13.2 Å². The monoisotopic (exact) mass is 257 g/mol. The minimum Gasteiger partial charge on any atom is -0.402 e. The summed E-state index contributed by atoms with van der Waals surface area (Å²) in [5.74, 6) is -1.78. The topological polar surface area (TPSA) is 67.9 Å². The van der Waals surface area contributed by atoms with Gasteiger partial charge >= 0.3 is 12.1 Å². The second kappa shape index (κ2) is 4.47. The molecule has 0 unspecified atom stereocenters. The smallest absolute Gasteiger partial charge is 0.402 e. The van der Waals surface area contributed by atoms with Gasteiger partial charge in [0.2, 0.25) is 5.88 Å². The number of carbonyl (C=O) groups is 1. The first-order chi connectivity index (χ1) is 8.48. The number of hydrogen-bond donors (Lipinski definition) is 1. The van der Waals surface area contributed by atoms with Crippen molar-refractivity contribution < 1.29 is 22.7 Å². The maximum absolute atomic E-state index is 12.6. The second-order valence-corrected chi connectivity index (χ2v) is 3.21. The van der Waals surface area contributed by atoms with Crippen molar-refractivity contribution in [3.05, 3.63) is 42.1 Å². The summed E-state index contributed by atoms with van der Waals surface area (Å²) in [6.07, 6.45) is -1.83. The molecule has 0 aliphatic rings. The van der Waals surface area contributed by atoms with Gasteiger partial charge in [0.25, 0.3) is 0 Å². The lowest BCUT2D eigenvalue weighted by atomic mass is 10.3. The summed E-state index contributed by atoms with van der Waals surface area (Å²) in [5.41, 5.74) is -1.17. The maximum atomic E-state index is 12.6. The number of H-pyrrole nitrogens is 1. The first kappa shape index (κ1) is 12.1. The van der Waals surface area contributed by atoms with Crippen LogP contribution in [0, 0.1) is 0 Å². The van der Waals surface area contributed by atoms with Gasteiger partial charge in [-0.05, 0) is 12.1 Å². The number of nitrogens with zero attached hydrogens (tertiary/aromatic N) is 2. The van der Waals surface area contributed by atoms with E-state index in [9.17, 15) is 18.0 Å². The summed E-state index contributed by atoms with van der Waals surface area (Å²) in [4.78, 5) is 20.5. The van der Waals surface area contributed by atoms with Crippen LogP contribution >= 0.6 is 0 Å². The number of alkyl halides is 3. The van der Waals surface area contributed by atoms with Crippen LogP contribution in [-0.2, 0) is 6.18 Å². The maximum Gasteiger partial charge on any atom is 0.423 e. The van der Waals surface area contributed by atoms with Crippen molar-refractivity contribution in [3.8, 4) is 5.88 Å². The zero-order valence-electron chi connectivity index (χ0n) is 8.73. The fourth-order valence-electron chi connectivity index (χ4n) is 1.19. The van der Waals surface area contributed by atoms with Gasteiger partial charge in [-0.15, -0.1) is 0 Å². The number of aromatic nitrogens is 3. The summed E-state index contributed by atoms with van der Waals surface area (Å²) in [6.45, 7) is 0. The number of halogens is 3. The number of esters is 1. The lowest BCUT2D eigenvalue weighted by Crippen LogP contribution is -2.15. The molecule has 8 heteroatoms. The Labute approximate surface area is 98.6 Å². The normalized spacial score (nSPS) is 11.3. The van der Waals surface area contributed by atoms with Crippen molar-refractivity contribution in [2.24, 2.45) is 0 Å². The van der Waals surface area contributed by atoms with Crippen molar-refractivity contribution in [1.82, 2.24) is 15.0 Å². The van der Waals surface area contributed by atoms with Gasteiger partial charge in [0.15, 0.2) is 0 Å². The molecular weight excluding hydrogens is 251 g/mol. The average Bonchev–Trinajstić information content (AvgIpc) is 2.81. The summed E-state index contributed by atoms with van der Waals surface area (Å²) in [6, 6.07) is 2.89. The van der Waals surface area contributed by atoms with Gasteiger partial charge in [-0.3, -0.25) is 0 Å². The van der Waals surface area contributed by atoms with E-state index in [0.29, 0.717) is 6.20 Å². The van der Waals surface area contributed by atoms with Crippen molar-refractivity contribution in [2.45, 2.75) is 6.18 Å². The van der Waals surface area contributed by atoms with E-state index in [-0.39, 0.29) is 5.69 Å². The first-order valence-corrected chi connectivity index (χ1v) is 4.71. The summed E-state index contributed by atoms with van der Waals surface area (Å²) in [7, 11) is 0. The van der Waals surface area contributed by atoms with Crippen LogP contribution in [0.5, 0.6) is 5.88 Å². The Hall–Kier alpha value is -2.38. The number of carbonyl (C=O) groups excluding carboxylic acids is 1. The zero-order chi connectivity index (χ0) is 13.2.